The number of para-hydroxylation sites is 1. The highest BCUT2D eigenvalue weighted by Gasteiger charge is 2.25. The summed E-state index contributed by atoms with van der Waals surface area (Å²) in [5.41, 5.74) is 1.12. The lowest BCUT2D eigenvalue weighted by Crippen LogP contribution is -2.33. The highest BCUT2D eigenvalue weighted by atomic mass is 16.5. The maximum atomic E-state index is 12.1. The van der Waals surface area contributed by atoms with Gasteiger partial charge in [-0.25, -0.2) is 0 Å². The number of carbonyl (C=O) groups excluding carboxylic acids is 1. The molecule has 0 saturated carbocycles. The van der Waals surface area contributed by atoms with Gasteiger partial charge in [0.2, 0.25) is 0 Å². The number of aliphatic hydroxyl groups is 1. The van der Waals surface area contributed by atoms with Crippen LogP contribution >= 0.6 is 0 Å². The van der Waals surface area contributed by atoms with E-state index in [2.05, 4.69) is 13.8 Å². The van der Waals surface area contributed by atoms with Crippen LogP contribution in [-0.2, 0) is 4.79 Å². The third-order valence-electron chi connectivity index (χ3n) is 3.79. The number of amides is 1. The summed E-state index contributed by atoms with van der Waals surface area (Å²) in [7, 11) is 0. The smallest absolute Gasteiger partial charge is 0.260 e. The minimum atomic E-state index is -0.000454. The Morgan fingerprint density at radius 1 is 1.45 bits per heavy atom. The van der Waals surface area contributed by atoms with Gasteiger partial charge in [-0.1, -0.05) is 32.0 Å². The van der Waals surface area contributed by atoms with Crippen molar-refractivity contribution in [1.29, 1.82) is 0 Å². The molecule has 1 N–H and O–H groups in total. The summed E-state index contributed by atoms with van der Waals surface area (Å²) in [6.07, 6.45) is 0.880. The summed E-state index contributed by atoms with van der Waals surface area (Å²) in [5.74, 6) is 1.38. The second kappa shape index (κ2) is 6.75. The van der Waals surface area contributed by atoms with Crippen molar-refractivity contribution in [1.82, 2.24) is 4.90 Å². The molecule has 20 heavy (non-hydrogen) atoms. The van der Waals surface area contributed by atoms with Crippen LogP contribution in [0, 0.1) is 5.92 Å². The molecule has 1 saturated heterocycles. The minimum absolute atomic E-state index is 0.000454. The number of hydrogen-bond acceptors (Lipinski definition) is 3. The van der Waals surface area contributed by atoms with Gasteiger partial charge in [-0.05, 0) is 24.0 Å². The van der Waals surface area contributed by atoms with Crippen LogP contribution in [0.1, 0.15) is 31.7 Å². The lowest BCUT2D eigenvalue weighted by molar-refractivity contribution is -0.132. The predicted molar refractivity (Wildman–Crippen MR) is 77.8 cm³/mol. The number of carbonyl (C=O) groups is 1. The summed E-state index contributed by atoms with van der Waals surface area (Å²) < 4.78 is 5.69. The average Bonchev–Trinajstić information content (AvgIpc) is 2.94. The van der Waals surface area contributed by atoms with Crippen LogP contribution in [0.5, 0.6) is 5.75 Å². The van der Waals surface area contributed by atoms with Crippen LogP contribution < -0.4 is 4.74 Å². The van der Waals surface area contributed by atoms with E-state index in [9.17, 15) is 4.79 Å². The van der Waals surface area contributed by atoms with Gasteiger partial charge in [-0.15, -0.1) is 0 Å². The van der Waals surface area contributed by atoms with Gasteiger partial charge in [-0.2, -0.15) is 0 Å². The number of rotatable bonds is 5. The molecule has 4 heteroatoms. The van der Waals surface area contributed by atoms with Gasteiger partial charge < -0.3 is 14.7 Å². The van der Waals surface area contributed by atoms with Gasteiger partial charge in [0.05, 0.1) is 0 Å². The highest BCUT2D eigenvalue weighted by molar-refractivity contribution is 5.78. The standard InChI is InChI=1S/C16H23NO3/c1-12(2)14-5-3-4-6-15(14)20-11-16(19)17-8-7-13(9-17)10-18/h3-6,12-13,18H,7-11H2,1-2H3. The lowest BCUT2D eigenvalue weighted by atomic mass is 10.0. The van der Waals surface area contributed by atoms with Gasteiger partial charge >= 0.3 is 0 Å². The number of hydrogen-bond donors (Lipinski definition) is 1. The fraction of sp³-hybridized carbons (Fsp3) is 0.562. The molecule has 2 rings (SSSR count). The van der Waals surface area contributed by atoms with E-state index in [1.807, 2.05) is 24.3 Å². The van der Waals surface area contributed by atoms with Gasteiger partial charge in [-0.3, -0.25) is 4.79 Å². The Morgan fingerprint density at radius 2 is 2.20 bits per heavy atom. The molecule has 1 aromatic carbocycles. The normalized spacial score (nSPS) is 18.6. The van der Waals surface area contributed by atoms with Crippen LogP contribution in [-0.4, -0.2) is 42.2 Å². The molecule has 1 unspecified atom stereocenters. The van der Waals surface area contributed by atoms with Crippen LogP contribution in [0.15, 0.2) is 24.3 Å². The van der Waals surface area contributed by atoms with Crippen LogP contribution in [0.2, 0.25) is 0 Å². The van der Waals surface area contributed by atoms with Crippen molar-refractivity contribution in [2.45, 2.75) is 26.2 Å². The molecule has 4 nitrogen and oxygen atoms in total. The zero-order valence-electron chi connectivity index (χ0n) is 12.2. The molecule has 0 radical (unpaired) electrons. The molecule has 1 aliphatic rings. The van der Waals surface area contributed by atoms with E-state index in [1.165, 1.54) is 0 Å². The van der Waals surface area contributed by atoms with Crippen molar-refractivity contribution in [2.24, 2.45) is 5.92 Å². The average molecular weight is 277 g/mol. The molecule has 0 spiro atoms. The molecule has 0 aliphatic carbocycles. The SMILES string of the molecule is CC(C)c1ccccc1OCC(=O)N1CCC(CO)C1. The van der Waals surface area contributed by atoms with Crippen molar-refractivity contribution in [3.8, 4) is 5.75 Å². The van der Waals surface area contributed by atoms with E-state index < -0.39 is 0 Å². The Balaban J connectivity index is 1.91. The fourth-order valence-corrected chi connectivity index (χ4v) is 2.53. The molecule has 1 amide bonds. The van der Waals surface area contributed by atoms with E-state index >= 15 is 0 Å². The summed E-state index contributed by atoms with van der Waals surface area (Å²) in [4.78, 5) is 13.9. The quantitative estimate of drug-likeness (QED) is 0.896. The number of ether oxygens (including phenoxy) is 1. The van der Waals surface area contributed by atoms with Crippen molar-refractivity contribution >= 4 is 5.91 Å². The maximum Gasteiger partial charge on any atom is 0.260 e. The molecular formula is C16H23NO3. The van der Waals surface area contributed by atoms with Gasteiger partial charge in [0.15, 0.2) is 6.61 Å². The van der Waals surface area contributed by atoms with Crippen LogP contribution in [0.4, 0.5) is 0 Å². The largest absolute Gasteiger partial charge is 0.483 e. The maximum absolute atomic E-state index is 12.1. The molecule has 0 bridgehead atoms. The summed E-state index contributed by atoms with van der Waals surface area (Å²) in [6.45, 7) is 5.80. The first kappa shape index (κ1) is 14.9. The van der Waals surface area contributed by atoms with E-state index in [-0.39, 0.29) is 25.0 Å². The van der Waals surface area contributed by atoms with Gasteiger partial charge in [0.25, 0.3) is 5.91 Å². The summed E-state index contributed by atoms with van der Waals surface area (Å²) in [5, 5.41) is 9.10. The molecule has 1 aliphatic heterocycles. The second-order valence-corrected chi connectivity index (χ2v) is 5.66. The molecule has 1 fully saturated rings. The first-order valence-corrected chi connectivity index (χ1v) is 7.22. The predicted octanol–water partition coefficient (Wildman–Crippen LogP) is 2.03. The molecule has 110 valence electrons. The Kier molecular flexibility index (Phi) is 5.01. The van der Waals surface area contributed by atoms with Crippen molar-refractivity contribution in [3.63, 3.8) is 0 Å². The molecule has 1 aromatic rings. The third kappa shape index (κ3) is 3.51. The highest BCUT2D eigenvalue weighted by Crippen LogP contribution is 2.26. The van der Waals surface area contributed by atoms with E-state index in [4.69, 9.17) is 9.84 Å². The second-order valence-electron chi connectivity index (χ2n) is 5.66. The Labute approximate surface area is 120 Å². The van der Waals surface area contributed by atoms with Crippen molar-refractivity contribution in [2.75, 3.05) is 26.3 Å². The summed E-state index contributed by atoms with van der Waals surface area (Å²) in [6, 6.07) is 7.84. The fourth-order valence-electron chi connectivity index (χ4n) is 2.53. The first-order valence-electron chi connectivity index (χ1n) is 7.22. The van der Waals surface area contributed by atoms with E-state index in [1.54, 1.807) is 4.90 Å². The molecule has 1 heterocycles. The van der Waals surface area contributed by atoms with Gasteiger partial charge in [0.1, 0.15) is 5.75 Å². The van der Waals surface area contributed by atoms with Gasteiger partial charge in [0, 0.05) is 25.6 Å². The third-order valence-corrected chi connectivity index (χ3v) is 3.79. The Morgan fingerprint density at radius 3 is 2.85 bits per heavy atom. The monoisotopic (exact) mass is 277 g/mol. The van der Waals surface area contributed by atoms with E-state index in [0.29, 0.717) is 12.5 Å². The lowest BCUT2D eigenvalue weighted by Gasteiger charge is -2.18. The molecule has 1 atom stereocenters. The Hall–Kier alpha value is -1.55. The Bertz CT molecular complexity index is 459. The summed E-state index contributed by atoms with van der Waals surface area (Å²) >= 11 is 0. The molecule has 0 aromatic heterocycles. The topological polar surface area (TPSA) is 49.8 Å². The minimum Gasteiger partial charge on any atom is -0.483 e. The zero-order valence-corrected chi connectivity index (χ0v) is 12.2. The number of aliphatic hydroxyl groups excluding tert-OH is 1. The van der Waals surface area contributed by atoms with Crippen LogP contribution in [0.25, 0.3) is 0 Å². The number of likely N-dealkylation sites (tertiary alicyclic amines) is 1. The van der Waals surface area contributed by atoms with Crippen molar-refractivity contribution < 1.29 is 14.6 Å². The molecular weight excluding hydrogens is 254 g/mol. The first-order chi connectivity index (χ1) is 9.61. The van der Waals surface area contributed by atoms with Crippen molar-refractivity contribution in [3.05, 3.63) is 29.8 Å². The zero-order chi connectivity index (χ0) is 14.5. The van der Waals surface area contributed by atoms with E-state index in [0.717, 1.165) is 24.3 Å². The van der Waals surface area contributed by atoms with Crippen LogP contribution in [0.3, 0.4) is 0 Å². The number of nitrogens with zero attached hydrogens (tertiary/aromatic N) is 1. The number of benzene rings is 1.